The molecule has 1 aromatic heterocycles. The van der Waals surface area contributed by atoms with Gasteiger partial charge in [0.25, 0.3) is 5.91 Å². The molecule has 2 rings (SSSR count). The first-order valence-corrected chi connectivity index (χ1v) is 7.52. The van der Waals surface area contributed by atoms with Gasteiger partial charge in [-0.1, -0.05) is 13.8 Å². The molecule has 100 valence electrons. The van der Waals surface area contributed by atoms with Gasteiger partial charge in [0.15, 0.2) is 0 Å². The second kappa shape index (κ2) is 5.85. The summed E-state index contributed by atoms with van der Waals surface area (Å²) in [5, 5.41) is 6.45. The third-order valence-electron chi connectivity index (χ3n) is 3.72. The maximum Gasteiger partial charge on any atom is 0.261 e. The van der Waals surface area contributed by atoms with E-state index in [4.69, 9.17) is 0 Å². The summed E-state index contributed by atoms with van der Waals surface area (Å²) >= 11 is 1.60. The van der Waals surface area contributed by atoms with Crippen LogP contribution in [0.5, 0.6) is 0 Å². The average molecular weight is 266 g/mol. The minimum Gasteiger partial charge on any atom is -0.351 e. The number of carbonyl (C=O) groups excluding carboxylic acids is 1. The van der Waals surface area contributed by atoms with Crippen molar-refractivity contribution in [3.63, 3.8) is 0 Å². The predicted octanol–water partition coefficient (Wildman–Crippen LogP) is 2.43. The number of nitrogens with one attached hydrogen (secondary N) is 2. The van der Waals surface area contributed by atoms with Gasteiger partial charge >= 0.3 is 0 Å². The van der Waals surface area contributed by atoms with E-state index in [0.29, 0.717) is 0 Å². The van der Waals surface area contributed by atoms with Gasteiger partial charge in [0.2, 0.25) is 0 Å². The fraction of sp³-hybridized carbons (Fsp3) is 0.643. The lowest BCUT2D eigenvalue weighted by Crippen LogP contribution is -2.42. The Bertz CT molecular complexity index is 408. The average Bonchev–Trinajstić information content (AvgIpc) is 2.86. The van der Waals surface area contributed by atoms with E-state index in [-0.39, 0.29) is 11.3 Å². The van der Waals surface area contributed by atoms with Crippen LogP contribution in [0.2, 0.25) is 0 Å². The molecule has 1 aliphatic rings. The first-order chi connectivity index (χ1) is 8.63. The zero-order valence-corrected chi connectivity index (χ0v) is 12.0. The normalized spacial score (nSPS) is 18.6. The third-order valence-corrected chi connectivity index (χ3v) is 4.95. The summed E-state index contributed by atoms with van der Waals surface area (Å²) in [5.41, 5.74) is 0.256. The zero-order chi connectivity index (χ0) is 13.0. The van der Waals surface area contributed by atoms with Crippen molar-refractivity contribution in [2.45, 2.75) is 33.1 Å². The Kier molecular flexibility index (Phi) is 4.40. The molecule has 0 unspecified atom stereocenters. The molecule has 3 nitrogen and oxygen atoms in total. The van der Waals surface area contributed by atoms with E-state index < -0.39 is 0 Å². The highest BCUT2D eigenvalue weighted by Crippen LogP contribution is 2.27. The molecule has 0 atom stereocenters. The lowest BCUT2D eigenvalue weighted by molar-refractivity contribution is 0.0926. The van der Waals surface area contributed by atoms with Crippen molar-refractivity contribution in [2.75, 3.05) is 19.6 Å². The van der Waals surface area contributed by atoms with Gasteiger partial charge in [0.1, 0.15) is 0 Å². The Balaban J connectivity index is 1.87. The Labute approximate surface area is 113 Å². The smallest absolute Gasteiger partial charge is 0.261 e. The second-order valence-electron chi connectivity index (χ2n) is 5.36. The van der Waals surface area contributed by atoms with Crippen LogP contribution in [0.4, 0.5) is 0 Å². The van der Waals surface area contributed by atoms with Gasteiger partial charge < -0.3 is 10.6 Å². The molecule has 1 aromatic rings. The lowest BCUT2D eigenvalue weighted by Gasteiger charge is -2.34. The number of piperidine rings is 1. The van der Waals surface area contributed by atoms with Crippen LogP contribution in [0.25, 0.3) is 0 Å². The predicted molar refractivity (Wildman–Crippen MR) is 76.2 cm³/mol. The maximum absolute atomic E-state index is 12.0. The van der Waals surface area contributed by atoms with Crippen molar-refractivity contribution in [3.05, 3.63) is 21.9 Å². The van der Waals surface area contributed by atoms with Crippen molar-refractivity contribution in [2.24, 2.45) is 5.41 Å². The molecular formula is C14H22N2OS. The highest BCUT2D eigenvalue weighted by molar-refractivity contribution is 7.14. The molecule has 2 heterocycles. The molecule has 0 spiro atoms. The molecule has 0 radical (unpaired) electrons. The standard InChI is InChI=1S/C14H22N2OS/c1-3-11-4-5-12(18-11)13(17)16-10-14(2)6-8-15-9-7-14/h4-5,15H,3,6-10H2,1-2H3,(H,16,17). The second-order valence-corrected chi connectivity index (χ2v) is 6.53. The van der Waals surface area contributed by atoms with Crippen LogP contribution in [0.1, 0.15) is 41.2 Å². The Morgan fingerprint density at radius 3 is 2.78 bits per heavy atom. The number of amides is 1. The summed E-state index contributed by atoms with van der Waals surface area (Å²) < 4.78 is 0. The molecule has 2 N–H and O–H groups in total. The quantitative estimate of drug-likeness (QED) is 0.879. The minimum atomic E-state index is 0.0828. The number of hydrogen-bond donors (Lipinski definition) is 2. The minimum absolute atomic E-state index is 0.0828. The van der Waals surface area contributed by atoms with Gasteiger partial charge in [-0.3, -0.25) is 4.79 Å². The third kappa shape index (κ3) is 3.33. The fourth-order valence-corrected chi connectivity index (χ4v) is 3.14. The molecule has 4 heteroatoms. The summed E-state index contributed by atoms with van der Waals surface area (Å²) in [5.74, 6) is 0.0828. The van der Waals surface area contributed by atoms with E-state index in [1.54, 1.807) is 11.3 Å². The Hall–Kier alpha value is -0.870. The van der Waals surface area contributed by atoms with Gasteiger partial charge in [-0.05, 0) is 49.9 Å². The van der Waals surface area contributed by atoms with Crippen molar-refractivity contribution in [1.29, 1.82) is 0 Å². The van der Waals surface area contributed by atoms with E-state index in [1.807, 2.05) is 12.1 Å². The Morgan fingerprint density at radius 2 is 2.17 bits per heavy atom. The van der Waals surface area contributed by atoms with Crippen LogP contribution >= 0.6 is 11.3 Å². The monoisotopic (exact) mass is 266 g/mol. The van der Waals surface area contributed by atoms with Crippen LogP contribution in [-0.2, 0) is 6.42 Å². The highest BCUT2D eigenvalue weighted by Gasteiger charge is 2.27. The molecule has 0 aromatic carbocycles. The fourth-order valence-electron chi connectivity index (χ4n) is 2.28. The van der Waals surface area contributed by atoms with Gasteiger partial charge in [0, 0.05) is 11.4 Å². The Morgan fingerprint density at radius 1 is 1.44 bits per heavy atom. The molecule has 1 amide bonds. The summed E-state index contributed by atoms with van der Waals surface area (Å²) in [6, 6.07) is 3.98. The largest absolute Gasteiger partial charge is 0.351 e. The first kappa shape index (κ1) is 13.6. The van der Waals surface area contributed by atoms with Gasteiger partial charge in [-0.25, -0.2) is 0 Å². The molecule has 1 aliphatic heterocycles. The number of aryl methyl sites for hydroxylation is 1. The van der Waals surface area contributed by atoms with Crippen LogP contribution < -0.4 is 10.6 Å². The van der Waals surface area contributed by atoms with Crippen molar-refractivity contribution < 1.29 is 4.79 Å². The topological polar surface area (TPSA) is 41.1 Å². The van der Waals surface area contributed by atoms with E-state index in [9.17, 15) is 4.79 Å². The molecule has 18 heavy (non-hydrogen) atoms. The zero-order valence-electron chi connectivity index (χ0n) is 11.2. The van der Waals surface area contributed by atoms with E-state index in [1.165, 1.54) is 4.88 Å². The van der Waals surface area contributed by atoms with E-state index in [2.05, 4.69) is 24.5 Å². The summed E-state index contributed by atoms with van der Waals surface area (Å²) in [7, 11) is 0. The van der Waals surface area contributed by atoms with Crippen molar-refractivity contribution in [1.82, 2.24) is 10.6 Å². The van der Waals surface area contributed by atoms with Crippen molar-refractivity contribution >= 4 is 17.2 Å². The summed E-state index contributed by atoms with van der Waals surface area (Å²) in [4.78, 5) is 14.2. The molecule has 0 saturated carbocycles. The number of thiophene rings is 1. The van der Waals surface area contributed by atoms with Crippen molar-refractivity contribution in [3.8, 4) is 0 Å². The van der Waals surface area contributed by atoms with Crippen LogP contribution in [0, 0.1) is 5.41 Å². The van der Waals surface area contributed by atoms with E-state index in [0.717, 1.165) is 43.8 Å². The van der Waals surface area contributed by atoms with Gasteiger partial charge in [0.05, 0.1) is 4.88 Å². The summed E-state index contributed by atoms with van der Waals surface area (Å²) in [6.45, 7) is 7.28. The van der Waals surface area contributed by atoms with Gasteiger partial charge in [-0.2, -0.15) is 0 Å². The maximum atomic E-state index is 12.0. The van der Waals surface area contributed by atoms with Crippen LogP contribution in [0.3, 0.4) is 0 Å². The lowest BCUT2D eigenvalue weighted by atomic mass is 9.81. The molecule has 0 aliphatic carbocycles. The number of hydrogen-bond acceptors (Lipinski definition) is 3. The summed E-state index contributed by atoms with van der Waals surface area (Å²) in [6.07, 6.45) is 3.27. The first-order valence-electron chi connectivity index (χ1n) is 6.71. The van der Waals surface area contributed by atoms with Gasteiger partial charge in [-0.15, -0.1) is 11.3 Å². The number of carbonyl (C=O) groups is 1. The molecule has 0 bridgehead atoms. The molecular weight excluding hydrogens is 244 g/mol. The highest BCUT2D eigenvalue weighted by atomic mass is 32.1. The van der Waals surface area contributed by atoms with E-state index >= 15 is 0 Å². The van der Waals surface area contributed by atoms with Crippen LogP contribution in [-0.4, -0.2) is 25.5 Å². The molecule has 1 fully saturated rings. The number of rotatable bonds is 4. The van der Waals surface area contributed by atoms with Crippen LogP contribution in [0.15, 0.2) is 12.1 Å². The SMILES string of the molecule is CCc1ccc(C(=O)NCC2(C)CCNCC2)s1. The molecule has 1 saturated heterocycles.